The molecule has 4 heterocycles. The molecule has 2 aromatic carbocycles. The number of benzene rings is 2. The average molecular weight is 647 g/mol. The number of methoxy groups -OCH3 is 1. The van der Waals surface area contributed by atoms with E-state index < -0.39 is 15.1 Å². The second-order valence-corrected chi connectivity index (χ2v) is 14.7. The Kier molecular flexibility index (Phi) is 9.16. The molecule has 3 N–H and O–H groups in total. The summed E-state index contributed by atoms with van der Waals surface area (Å²) in [4.78, 5) is 33.0. The van der Waals surface area contributed by atoms with Gasteiger partial charge in [-0.25, -0.2) is 13.4 Å². The standard InChI is InChI=1S/C33H42N8O4S/c1-22(2)46(43,44)29-8-6-5-7-26(29)35-31-30-27(11-14-34-30)37-33(38-31)36-25-10-9-23(21-28(25)45-4)32(42)41-15-12-24(13-16-41)40-19-17-39(3)18-20-40/h5-11,14,21-22,24,34H,12-13,15-20H2,1-4H3,(H2,35,36,37,38). The van der Waals surface area contributed by atoms with Crippen LogP contribution in [-0.4, -0.2) is 109 Å². The maximum Gasteiger partial charge on any atom is 0.253 e. The Balaban J connectivity index is 1.19. The number of ether oxygens (including phenoxy) is 1. The molecule has 0 radical (unpaired) electrons. The molecule has 0 aliphatic carbocycles. The lowest BCUT2D eigenvalue weighted by molar-refractivity contribution is 0.0518. The number of nitrogens with one attached hydrogen (secondary N) is 3. The number of carbonyl (C=O) groups is 1. The van der Waals surface area contributed by atoms with Crippen LogP contribution in [0.15, 0.2) is 59.6 Å². The third kappa shape index (κ3) is 6.53. The number of likely N-dealkylation sites (N-methyl/N-ethyl adjacent to an activating group) is 1. The van der Waals surface area contributed by atoms with E-state index in [1.807, 2.05) is 11.0 Å². The Morgan fingerprint density at radius 1 is 0.957 bits per heavy atom. The van der Waals surface area contributed by atoms with Crippen molar-refractivity contribution in [1.82, 2.24) is 29.7 Å². The van der Waals surface area contributed by atoms with E-state index in [4.69, 9.17) is 9.72 Å². The lowest BCUT2D eigenvalue weighted by Gasteiger charge is -2.42. The van der Waals surface area contributed by atoms with Crippen LogP contribution in [0.2, 0.25) is 0 Å². The van der Waals surface area contributed by atoms with Gasteiger partial charge in [0.1, 0.15) is 11.3 Å². The van der Waals surface area contributed by atoms with Crippen molar-refractivity contribution in [2.45, 2.75) is 42.9 Å². The Labute approximate surface area is 270 Å². The van der Waals surface area contributed by atoms with Crippen LogP contribution in [0.1, 0.15) is 37.0 Å². The number of fused-ring (bicyclic) bond motifs is 1. The first-order valence-corrected chi connectivity index (χ1v) is 17.3. The lowest BCUT2D eigenvalue weighted by atomic mass is 10.0. The van der Waals surface area contributed by atoms with Crippen molar-refractivity contribution in [2.24, 2.45) is 0 Å². The second kappa shape index (κ2) is 13.3. The van der Waals surface area contributed by atoms with Gasteiger partial charge in [0.05, 0.1) is 34.1 Å². The zero-order valence-corrected chi connectivity index (χ0v) is 27.6. The number of amides is 1. The molecule has 0 atom stereocenters. The van der Waals surface area contributed by atoms with Crippen molar-refractivity contribution in [3.05, 3.63) is 60.3 Å². The number of sulfone groups is 1. The number of rotatable bonds is 9. The van der Waals surface area contributed by atoms with Gasteiger partial charge in [-0.15, -0.1) is 0 Å². The van der Waals surface area contributed by atoms with Gasteiger partial charge in [0.2, 0.25) is 5.95 Å². The van der Waals surface area contributed by atoms with Gasteiger partial charge in [-0.1, -0.05) is 12.1 Å². The van der Waals surface area contributed by atoms with Gasteiger partial charge in [-0.05, 0) is 70.1 Å². The second-order valence-electron chi connectivity index (χ2n) is 12.3. The summed E-state index contributed by atoms with van der Waals surface area (Å²) < 4.78 is 31.8. The Morgan fingerprint density at radius 3 is 2.41 bits per heavy atom. The zero-order valence-electron chi connectivity index (χ0n) is 26.8. The van der Waals surface area contributed by atoms with Crippen molar-refractivity contribution in [2.75, 3.05) is 64.1 Å². The molecule has 244 valence electrons. The largest absolute Gasteiger partial charge is 0.495 e. The van der Waals surface area contributed by atoms with Gasteiger partial charge in [0, 0.05) is 57.1 Å². The number of para-hydroxylation sites is 1. The van der Waals surface area contributed by atoms with Crippen LogP contribution < -0.4 is 15.4 Å². The third-order valence-corrected chi connectivity index (χ3v) is 11.2. The molecule has 0 unspecified atom stereocenters. The maximum absolute atomic E-state index is 13.5. The van der Waals surface area contributed by atoms with E-state index in [1.54, 1.807) is 69.6 Å². The molecule has 2 aliphatic heterocycles. The monoisotopic (exact) mass is 646 g/mol. The molecule has 2 saturated heterocycles. The molecule has 0 bridgehead atoms. The maximum atomic E-state index is 13.5. The van der Waals surface area contributed by atoms with Crippen LogP contribution in [0.4, 0.5) is 23.1 Å². The number of aromatic amines is 1. The Hall–Kier alpha value is -4.20. The number of carbonyl (C=O) groups excluding carboxylic acids is 1. The highest BCUT2D eigenvalue weighted by Gasteiger charge is 2.29. The van der Waals surface area contributed by atoms with E-state index >= 15 is 0 Å². The van der Waals surface area contributed by atoms with E-state index in [0.717, 1.165) is 52.1 Å². The first-order chi connectivity index (χ1) is 22.1. The molecule has 46 heavy (non-hydrogen) atoms. The first kappa shape index (κ1) is 31.8. The van der Waals surface area contributed by atoms with Gasteiger partial charge in [0.15, 0.2) is 15.7 Å². The van der Waals surface area contributed by atoms with Crippen molar-refractivity contribution in [3.8, 4) is 5.75 Å². The molecule has 0 spiro atoms. The smallest absolute Gasteiger partial charge is 0.253 e. The molecular formula is C33H42N8O4S. The number of likely N-dealkylation sites (tertiary alicyclic amines) is 1. The Morgan fingerprint density at radius 2 is 1.70 bits per heavy atom. The molecule has 2 fully saturated rings. The Bertz CT molecular complexity index is 1810. The van der Waals surface area contributed by atoms with Crippen LogP contribution in [0, 0.1) is 0 Å². The molecule has 4 aromatic rings. The lowest BCUT2D eigenvalue weighted by Crippen LogP contribution is -2.52. The number of H-pyrrole nitrogens is 1. The van der Waals surface area contributed by atoms with Crippen LogP contribution in [-0.2, 0) is 9.84 Å². The zero-order chi connectivity index (χ0) is 32.4. The highest BCUT2D eigenvalue weighted by molar-refractivity contribution is 7.92. The molecule has 0 saturated carbocycles. The fourth-order valence-corrected chi connectivity index (χ4v) is 7.34. The van der Waals surface area contributed by atoms with Crippen molar-refractivity contribution < 1.29 is 17.9 Å². The van der Waals surface area contributed by atoms with Crippen LogP contribution in [0.5, 0.6) is 5.75 Å². The number of anilines is 4. The summed E-state index contributed by atoms with van der Waals surface area (Å²) in [7, 11) is 0.181. The van der Waals surface area contributed by atoms with E-state index in [9.17, 15) is 13.2 Å². The van der Waals surface area contributed by atoms with Crippen LogP contribution >= 0.6 is 0 Å². The summed E-state index contributed by atoms with van der Waals surface area (Å²) in [6.07, 6.45) is 3.71. The van der Waals surface area contributed by atoms with Crippen molar-refractivity contribution in [3.63, 3.8) is 0 Å². The number of nitrogens with zero attached hydrogens (tertiary/aromatic N) is 5. The molecule has 2 aromatic heterocycles. The average Bonchev–Trinajstić information content (AvgIpc) is 3.54. The minimum Gasteiger partial charge on any atom is -0.495 e. The molecule has 1 amide bonds. The van der Waals surface area contributed by atoms with E-state index in [-0.39, 0.29) is 16.8 Å². The van der Waals surface area contributed by atoms with Crippen LogP contribution in [0.3, 0.4) is 0 Å². The highest BCUT2D eigenvalue weighted by atomic mass is 32.2. The summed E-state index contributed by atoms with van der Waals surface area (Å²) in [5.74, 6) is 1.17. The normalized spacial score (nSPS) is 17.0. The van der Waals surface area contributed by atoms with Crippen molar-refractivity contribution in [1.29, 1.82) is 0 Å². The number of hydrogen-bond donors (Lipinski definition) is 3. The minimum absolute atomic E-state index is 0.00632. The molecule has 12 nitrogen and oxygen atoms in total. The SMILES string of the molecule is COc1cc(C(=O)N2CCC(N3CCN(C)CC3)CC2)ccc1Nc1nc(Nc2ccccc2S(=O)(=O)C(C)C)c2[nH]ccc2n1. The van der Waals surface area contributed by atoms with Crippen molar-refractivity contribution >= 4 is 49.9 Å². The minimum atomic E-state index is -3.55. The predicted molar refractivity (Wildman–Crippen MR) is 180 cm³/mol. The predicted octanol–water partition coefficient (Wildman–Crippen LogP) is 4.49. The molecule has 6 rings (SSSR count). The number of hydrogen-bond acceptors (Lipinski definition) is 10. The third-order valence-electron chi connectivity index (χ3n) is 8.97. The fourth-order valence-electron chi connectivity index (χ4n) is 6.14. The fraction of sp³-hybridized carbons (Fsp3) is 0.424. The first-order valence-electron chi connectivity index (χ1n) is 15.8. The number of piperidine rings is 1. The summed E-state index contributed by atoms with van der Waals surface area (Å²) >= 11 is 0. The topological polar surface area (TPSA) is 136 Å². The molecular weight excluding hydrogens is 604 g/mol. The van der Waals surface area contributed by atoms with Gasteiger partial charge >= 0.3 is 0 Å². The quantitative estimate of drug-likeness (QED) is 0.239. The molecule has 13 heteroatoms. The van der Waals surface area contributed by atoms with Crippen LogP contribution in [0.25, 0.3) is 11.0 Å². The highest BCUT2D eigenvalue weighted by Crippen LogP contribution is 2.33. The number of piperazine rings is 1. The van der Waals surface area contributed by atoms with E-state index in [2.05, 4.69) is 37.4 Å². The van der Waals surface area contributed by atoms with Gasteiger partial charge in [-0.3, -0.25) is 9.69 Å². The summed E-state index contributed by atoms with van der Waals surface area (Å²) in [6.45, 7) is 9.16. The number of aromatic nitrogens is 3. The van der Waals surface area contributed by atoms with Gasteiger partial charge < -0.3 is 30.2 Å². The summed E-state index contributed by atoms with van der Waals surface area (Å²) in [6, 6.07) is 14.5. The van der Waals surface area contributed by atoms with Gasteiger partial charge in [0.25, 0.3) is 5.91 Å². The van der Waals surface area contributed by atoms with E-state index in [1.165, 1.54) is 0 Å². The summed E-state index contributed by atoms with van der Waals surface area (Å²) in [5, 5.41) is 5.86. The summed E-state index contributed by atoms with van der Waals surface area (Å²) in [5.41, 5.74) is 2.84. The molecule has 2 aliphatic rings. The van der Waals surface area contributed by atoms with E-state index in [0.29, 0.717) is 45.6 Å². The van der Waals surface area contributed by atoms with Gasteiger partial charge in [-0.2, -0.15) is 4.98 Å².